The van der Waals surface area contributed by atoms with E-state index in [0.717, 1.165) is 18.3 Å². The summed E-state index contributed by atoms with van der Waals surface area (Å²) in [6, 6.07) is 2.62. The fourth-order valence-electron chi connectivity index (χ4n) is 1.36. The van der Waals surface area contributed by atoms with Gasteiger partial charge in [0.15, 0.2) is 0 Å². The van der Waals surface area contributed by atoms with E-state index in [9.17, 15) is 17.2 Å². The Morgan fingerprint density at radius 2 is 1.76 bits per heavy atom. The van der Waals surface area contributed by atoms with Crippen LogP contribution in [0.15, 0.2) is 29.3 Å². The Bertz CT molecular complexity index is 649. The number of halogens is 3. The molecule has 0 aliphatic rings. The van der Waals surface area contributed by atoms with Gasteiger partial charge in [-0.1, -0.05) is 0 Å². The maximum Gasteiger partial charge on any atom is 0.265 e. The summed E-state index contributed by atoms with van der Waals surface area (Å²) in [6.45, 7) is 0. The van der Waals surface area contributed by atoms with Crippen LogP contribution in [-0.2, 0) is 9.05 Å². The van der Waals surface area contributed by atoms with Crippen LogP contribution < -0.4 is 0 Å². The first-order valence-corrected chi connectivity index (χ1v) is 6.63. The quantitative estimate of drug-likeness (QED) is 0.857. The summed E-state index contributed by atoms with van der Waals surface area (Å²) in [6.07, 6.45) is 0.973. The number of benzene rings is 1. The largest absolute Gasteiger partial charge is 0.276 e. The summed E-state index contributed by atoms with van der Waals surface area (Å²) < 4.78 is 48.3. The van der Waals surface area contributed by atoms with E-state index in [1.165, 1.54) is 0 Å². The highest BCUT2D eigenvalue weighted by atomic mass is 35.7. The molecule has 0 saturated carbocycles. The Morgan fingerprint density at radius 1 is 1.18 bits per heavy atom. The Labute approximate surface area is 99.6 Å². The van der Waals surface area contributed by atoms with Gasteiger partial charge in [0.05, 0.1) is 11.9 Å². The van der Waals surface area contributed by atoms with Crippen LogP contribution in [0.1, 0.15) is 0 Å². The smallest absolute Gasteiger partial charge is 0.265 e. The molecule has 4 nitrogen and oxygen atoms in total. The standard InChI is InChI=1S/C9H5ClF2N2O2S/c10-17(15,16)8-4-13-14-9(8)5-1-6(11)3-7(12)2-5/h1-4H,(H,13,14). The lowest BCUT2D eigenvalue weighted by Crippen LogP contribution is -1.93. The van der Waals surface area contributed by atoms with Crippen molar-refractivity contribution >= 4 is 19.7 Å². The number of rotatable bonds is 2. The molecule has 0 aliphatic carbocycles. The van der Waals surface area contributed by atoms with Crippen molar-refractivity contribution in [3.63, 3.8) is 0 Å². The fourth-order valence-corrected chi connectivity index (χ4v) is 2.30. The second-order valence-corrected chi connectivity index (χ2v) is 5.74. The normalized spacial score (nSPS) is 11.7. The maximum absolute atomic E-state index is 13.0. The fraction of sp³-hybridized carbons (Fsp3) is 0. The van der Waals surface area contributed by atoms with Crippen LogP contribution in [0.4, 0.5) is 8.78 Å². The molecule has 1 aromatic carbocycles. The van der Waals surface area contributed by atoms with Gasteiger partial charge in [-0.3, -0.25) is 5.10 Å². The maximum atomic E-state index is 13.0. The number of hydrogen-bond acceptors (Lipinski definition) is 3. The molecule has 0 saturated heterocycles. The number of aromatic amines is 1. The van der Waals surface area contributed by atoms with E-state index < -0.39 is 20.7 Å². The van der Waals surface area contributed by atoms with Gasteiger partial charge in [-0.25, -0.2) is 17.2 Å². The highest BCUT2D eigenvalue weighted by Crippen LogP contribution is 2.28. The van der Waals surface area contributed by atoms with E-state index in [0.29, 0.717) is 6.07 Å². The number of hydrogen-bond donors (Lipinski definition) is 1. The molecular formula is C9H5ClF2N2O2S. The van der Waals surface area contributed by atoms with Gasteiger partial charge in [-0.15, -0.1) is 0 Å². The lowest BCUT2D eigenvalue weighted by Gasteiger charge is -2.01. The lowest BCUT2D eigenvalue weighted by atomic mass is 10.1. The third-order valence-corrected chi connectivity index (χ3v) is 3.35. The van der Waals surface area contributed by atoms with Crippen LogP contribution in [0, 0.1) is 11.6 Å². The third-order valence-electron chi connectivity index (χ3n) is 2.02. The zero-order valence-corrected chi connectivity index (χ0v) is 9.69. The predicted octanol–water partition coefficient (Wildman–Crippen LogP) is 2.28. The van der Waals surface area contributed by atoms with Crippen molar-refractivity contribution in [1.29, 1.82) is 0 Å². The van der Waals surface area contributed by atoms with Gasteiger partial charge in [0, 0.05) is 22.3 Å². The molecule has 1 N–H and O–H groups in total. The molecule has 0 amide bonds. The first-order valence-electron chi connectivity index (χ1n) is 4.32. The van der Waals surface area contributed by atoms with E-state index in [1.807, 2.05) is 0 Å². The van der Waals surface area contributed by atoms with Crippen molar-refractivity contribution in [1.82, 2.24) is 10.2 Å². The van der Waals surface area contributed by atoms with Gasteiger partial charge in [0.25, 0.3) is 9.05 Å². The molecule has 1 heterocycles. The first kappa shape index (κ1) is 12.0. The van der Waals surface area contributed by atoms with E-state index in [2.05, 4.69) is 10.2 Å². The molecular weight excluding hydrogens is 274 g/mol. The van der Waals surface area contributed by atoms with E-state index in [4.69, 9.17) is 10.7 Å². The molecule has 1 aromatic heterocycles. The first-order chi connectivity index (χ1) is 7.88. The van der Waals surface area contributed by atoms with Gasteiger partial charge in [-0.2, -0.15) is 5.10 Å². The SMILES string of the molecule is O=S(=O)(Cl)c1cn[nH]c1-c1cc(F)cc(F)c1. The summed E-state index contributed by atoms with van der Waals surface area (Å²) in [5.74, 6) is -1.65. The monoisotopic (exact) mass is 278 g/mol. The molecule has 8 heteroatoms. The van der Waals surface area contributed by atoms with Crippen molar-refractivity contribution in [3.05, 3.63) is 36.0 Å². The Morgan fingerprint density at radius 3 is 2.29 bits per heavy atom. The molecule has 0 bridgehead atoms. The zero-order chi connectivity index (χ0) is 12.6. The van der Waals surface area contributed by atoms with Crippen molar-refractivity contribution in [2.75, 3.05) is 0 Å². The molecule has 0 aliphatic heterocycles. The van der Waals surface area contributed by atoms with Crippen LogP contribution >= 0.6 is 10.7 Å². The molecule has 0 atom stereocenters. The van der Waals surface area contributed by atoms with Crippen molar-refractivity contribution in [2.24, 2.45) is 0 Å². The Hall–Kier alpha value is -1.47. The van der Waals surface area contributed by atoms with Crippen LogP contribution in [0.5, 0.6) is 0 Å². The molecule has 0 spiro atoms. The number of nitrogens with zero attached hydrogens (tertiary/aromatic N) is 1. The third kappa shape index (κ3) is 2.45. The van der Waals surface area contributed by atoms with Crippen LogP contribution in [-0.4, -0.2) is 18.6 Å². The summed E-state index contributed by atoms with van der Waals surface area (Å²) in [5.41, 5.74) is -0.0439. The van der Waals surface area contributed by atoms with Gasteiger partial charge < -0.3 is 0 Å². The summed E-state index contributed by atoms with van der Waals surface area (Å²) in [4.78, 5) is -0.329. The molecule has 0 unspecified atom stereocenters. The van der Waals surface area contributed by atoms with Crippen LogP contribution in [0.25, 0.3) is 11.3 Å². The Kier molecular flexibility index (Phi) is 2.88. The van der Waals surface area contributed by atoms with E-state index in [1.54, 1.807) is 0 Å². The van der Waals surface area contributed by atoms with E-state index >= 15 is 0 Å². The average molecular weight is 279 g/mol. The summed E-state index contributed by atoms with van der Waals surface area (Å²) in [7, 11) is 1.13. The highest BCUT2D eigenvalue weighted by molar-refractivity contribution is 8.13. The lowest BCUT2D eigenvalue weighted by molar-refractivity contribution is 0.583. The van der Waals surface area contributed by atoms with Crippen molar-refractivity contribution in [2.45, 2.75) is 4.90 Å². The number of H-pyrrole nitrogens is 1. The minimum absolute atomic E-state index is 0.0132. The van der Waals surface area contributed by atoms with Crippen LogP contribution in [0.3, 0.4) is 0 Å². The summed E-state index contributed by atoms with van der Waals surface area (Å²) >= 11 is 0. The summed E-state index contributed by atoms with van der Waals surface area (Å²) in [5, 5.41) is 5.83. The minimum atomic E-state index is -4.03. The Balaban J connectivity index is 2.66. The zero-order valence-electron chi connectivity index (χ0n) is 8.12. The predicted molar refractivity (Wildman–Crippen MR) is 57.0 cm³/mol. The molecule has 90 valence electrons. The number of nitrogens with one attached hydrogen (secondary N) is 1. The molecule has 17 heavy (non-hydrogen) atoms. The highest BCUT2D eigenvalue weighted by Gasteiger charge is 2.19. The van der Waals surface area contributed by atoms with E-state index in [-0.39, 0.29) is 16.2 Å². The van der Waals surface area contributed by atoms with Gasteiger partial charge in [-0.05, 0) is 12.1 Å². The molecule has 2 aromatic rings. The van der Waals surface area contributed by atoms with Crippen molar-refractivity contribution in [3.8, 4) is 11.3 Å². The second-order valence-electron chi connectivity index (χ2n) is 3.21. The van der Waals surface area contributed by atoms with Crippen molar-refractivity contribution < 1.29 is 17.2 Å². The van der Waals surface area contributed by atoms with Gasteiger partial charge >= 0.3 is 0 Å². The van der Waals surface area contributed by atoms with Gasteiger partial charge in [0.2, 0.25) is 0 Å². The molecule has 0 radical (unpaired) electrons. The second kappa shape index (κ2) is 4.08. The molecule has 2 rings (SSSR count). The topological polar surface area (TPSA) is 62.8 Å². The van der Waals surface area contributed by atoms with Crippen LogP contribution in [0.2, 0.25) is 0 Å². The minimum Gasteiger partial charge on any atom is -0.276 e. The van der Waals surface area contributed by atoms with Gasteiger partial charge in [0.1, 0.15) is 16.5 Å². The number of aromatic nitrogens is 2. The average Bonchev–Trinajstić information content (AvgIpc) is 2.63. The molecule has 0 fully saturated rings.